The summed E-state index contributed by atoms with van der Waals surface area (Å²) in [7, 11) is 1.60. The Hall–Kier alpha value is -3.62. The molecule has 0 saturated carbocycles. The van der Waals surface area contributed by atoms with Crippen LogP contribution in [0, 0.1) is 29.6 Å². The van der Waals surface area contributed by atoms with Gasteiger partial charge in [-0.15, -0.1) is 0 Å². The number of ether oxygens (including phenoxy) is 7. The SMILES string of the molecule is CC(C)C.COCCCNC(=O)CCCCCNC(=O)C(CCCCNC(=O)CCCCO[C@@H]1OC(CO)[C@H](O)[C@H](O)C1C)CC(=O)C(CCCCNC(=O)CCCCO[C@@H]1OC(CO)[C@H](O)[C@H](O)C1C)NC(=O)CCCCO[C@@H]1OC(CO)[C@H](O)[C@H](O)C1C. The van der Waals surface area contributed by atoms with Crippen LogP contribution in [-0.4, -0.2) is 241 Å². The Balaban J connectivity index is 0.00000668. The highest BCUT2D eigenvalue weighted by molar-refractivity contribution is 5.92. The summed E-state index contributed by atoms with van der Waals surface area (Å²) >= 11 is 0. The topological polar surface area (TPSA) is 409 Å². The predicted molar refractivity (Wildman–Crippen MR) is 330 cm³/mol. The van der Waals surface area contributed by atoms with Crippen LogP contribution in [-0.2, 0) is 61.9 Å². The summed E-state index contributed by atoms with van der Waals surface area (Å²) in [4.78, 5) is 79.5. The average molecular weight is 1300 g/mol. The largest absolute Gasteiger partial charge is 0.394 e. The number of aliphatic hydroxyl groups excluding tert-OH is 9. The predicted octanol–water partition coefficient (Wildman–Crippen LogP) is 0.897. The molecule has 3 aliphatic rings. The molecule has 17 atom stereocenters. The minimum Gasteiger partial charge on any atom is -0.394 e. The van der Waals surface area contributed by atoms with Crippen LogP contribution in [0.1, 0.15) is 176 Å². The van der Waals surface area contributed by atoms with Gasteiger partial charge in [0.2, 0.25) is 29.5 Å². The maximum Gasteiger partial charge on any atom is 0.223 e. The second-order valence-corrected chi connectivity index (χ2v) is 24.9. The first-order valence-corrected chi connectivity index (χ1v) is 33.1. The number of ketones is 1. The summed E-state index contributed by atoms with van der Waals surface area (Å²) in [5.41, 5.74) is 0. The lowest BCUT2D eigenvalue weighted by Gasteiger charge is -2.40. The highest BCUT2D eigenvalue weighted by Crippen LogP contribution is 2.30. The summed E-state index contributed by atoms with van der Waals surface area (Å²) in [6, 6.07) is -0.960. The molecule has 0 aromatic carbocycles. The molecule has 0 bridgehead atoms. The molecule has 0 aliphatic carbocycles. The normalized spacial score (nSPS) is 27.4. The Kier molecular flexibility index (Phi) is 44.1. The van der Waals surface area contributed by atoms with Gasteiger partial charge in [-0.2, -0.15) is 0 Å². The Morgan fingerprint density at radius 1 is 0.422 bits per heavy atom. The molecule has 3 heterocycles. The third-order valence-corrected chi connectivity index (χ3v) is 16.1. The molecule has 27 nitrogen and oxygen atoms in total. The van der Waals surface area contributed by atoms with Crippen molar-refractivity contribution in [3.63, 3.8) is 0 Å². The fraction of sp³-hybridized carbons (Fsp3) is 0.905. The average Bonchev–Trinajstić information content (AvgIpc) is 1.75. The number of aliphatic hydroxyl groups is 9. The van der Waals surface area contributed by atoms with Gasteiger partial charge in [-0.3, -0.25) is 28.8 Å². The number of carbonyl (C=O) groups is 6. The third-order valence-electron chi connectivity index (χ3n) is 16.1. The van der Waals surface area contributed by atoms with E-state index >= 15 is 0 Å². The number of Topliss-reactive ketones (excluding diaryl/α,β-unsaturated/α-hetero) is 1. The fourth-order valence-electron chi connectivity index (χ4n) is 10.4. The Labute approximate surface area is 533 Å². The van der Waals surface area contributed by atoms with Crippen molar-refractivity contribution in [1.29, 1.82) is 0 Å². The van der Waals surface area contributed by atoms with Gasteiger partial charge in [-0.25, -0.2) is 0 Å². The molecule has 3 fully saturated rings. The number of hydrogen-bond donors (Lipinski definition) is 14. The lowest BCUT2D eigenvalue weighted by molar-refractivity contribution is -0.282. The smallest absolute Gasteiger partial charge is 0.223 e. The van der Waals surface area contributed by atoms with Crippen LogP contribution >= 0.6 is 0 Å². The second kappa shape index (κ2) is 48.1. The van der Waals surface area contributed by atoms with Gasteiger partial charge in [0.1, 0.15) is 36.6 Å². The molecular weight excluding hydrogens is 1180 g/mol. The summed E-state index contributed by atoms with van der Waals surface area (Å²) in [5.74, 6) is -3.10. The molecule has 3 rings (SSSR count). The minimum absolute atomic E-state index is 0.0348. The van der Waals surface area contributed by atoms with Crippen LogP contribution in [0.15, 0.2) is 0 Å². The molecule has 27 heteroatoms. The molecule has 5 amide bonds. The van der Waals surface area contributed by atoms with Crippen molar-refractivity contribution in [1.82, 2.24) is 26.6 Å². The molecule has 0 spiro atoms. The van der Waals surface area contributed by atoms with Gasteiger partial charge < -0.3 is 106 Å². The van der Waals surface area contributed by atoms with Crippen molar-refractivity contribution in [2.75, 3.05) is 79.5 Å². The molecular formula is C63H117N5O22. The van der Waals surface area contributed by atoms with Crippen molar-refractivity contribution in [3.05, 3.63) is 0 Å². The van der Waals surface area contributed by atoms with E-state index in [0.717, 1.165) is 5.92 Å². The van der Waals surface area contributed by atoms with Gasteiger partial charge in [0.05, 0.1) is 44.2 Å². The van der Waals surface area contributed by atoms with Gasteiger partial charge in [-0.1, -0.05) is 54.4 Å². The number of nitrogens with one attached hydrogen (secondary N) is 5. The van der Waals surface area contributed by atoms with E-state index in [2.05, 4.69) is 47.4 Å². The monoisotopic (exact) mass is 1300 g/mol. The zero-order chi connectivity index (χ0) is 67.0. The van der Waals surface area contributed by atoms with Crippen LogP contribution in [0.2, 0.25) is 0 Å². The van der Waals surface area contributed by atoms with E-state index in [1.807, 2.05) is 0 Å². The first-order chi connectivity index (χ1) is 43.0. The van der Waals surface area contributed by atoms with E-state index in [-0.39, 0.29) is 81.3 Å². The molecule has 0 radical (unpaired) electrons. The zero-order valence-electron chi connectivity index (χ0n) is 54.9. The van der Waals surface area contributed by atoms with E-state index in [1.165, 1.54) is 0 Å². The Morgan fingerprint density at radius 2 is 0.767 bits per heavy atom. The van der Waals surface area contributed by atoms with Gasteiger partial charge in [0.25, 0.3) is 0 Å². The first kappa shape index (κ1) is 82.5. The minimum atomic E-state index is -1.27. The summed E-state index contributed by atoms with van der Waals surface area (Å²) in [6.07, 6.45) is -4.24. The number of unbranched alkanes of at least 4 members (excludes halogenated alkanes) is 7. The van der Waals surface area contributed by atoms with Crippen LogP contribution in [0.25, 0.3) is 0 Å². The highest BCUT2D eigenvalue weighted by atomic mass is 16.7. The van der Waals surface area contributed by atoms with Gasteiger partial charge in [0.15, 0.2) is 24.7 Å². The molecule has 14 N–H and O–H groups in total. The lowest BCUT2D eigenvalue weighted by Crippen LogP contribution is -2.55. The van der Waals surface area contributed by atoms with Crippen LogP contribution < -0.4 is 26.6 Å². The standard InChI is InChI=1S/C59H107N5O22.C4H10/c1-37-50(73)53(76)43(34-65)84-57(37)81-30-15-9-22-47(70)60-25-13-7-19-40(56(79)63-27-12-5-6-21-46(69)62-28-18-29-80-4)33-42(68)41(64-49(72)24-11-17-32-83-59-39(3)52(75)55(78)45(36-67)86-59)20-8-14-26-61-48(71)23-10-16-31-82-58-38(2)51(74)54(77)44(35-66)85-58;1-4(2)3/h37-41,43-45,50-55,57-59,65-67,73-78H,5-36H2,1-4H3,(H,60,70)(H,61,71)(H,62,69)(H,63,79)(H,64,72);4H,1-3H3/t37?,38?,39?,40?,41?,43?,44?,45?,50-,51-,52-,53+,54+,55+,57-,58-,59-;/m1./s1. The molecule has 90 heavy (non-hydrogen) atoms. The molecule has 0 aromatic heterocycles. The Bertz CT molecular complexity index is 1960. The number of methoxy groups -OCH3 is 1. The molecule has 3 saturated heterocycles. The summed E-state index contributed by atoms with van der Waals surface area (Å²) < 4.78 is 39.2. The number of hydrogen-bond acceptors (Lipinski definition) is 22. The van der Waals surface area contributed by atoms with Gasteiger partial charge in [-0.05, 0) is 95.8 Å². The van der Waals surface area contributed by atoms with Crippen molar-refractivity contribution >= 4 is 35.3 Å². The van der Waals surface area contributed by atoms with Crippen molar-refractivity contribution in [2.45, 2.75) is 256 Å². The maximum atomic E-state index is 14.3. The van der Waals surface area contributed by atoms with Gasteiger partial charge in [0, 0.05) is 115 Å². The van der Waals surface area contributed by atoms with Crippen LogP contribution in [0.5, 0.6) is 0 Å². The van der Waals surface area contributed by atoms with E-state index in [9.17, 15) is 74.7 Å². The maximum absolute atomic E-state index is 14.3. The number of amides is 5. The second-order valence-electron chi connectivity index (χ2n) is 24.9. The molecule has 3 aliphatic heterocycles. The van der Waals surface area contributed by atoms with Crippen LogP contribution in [0.4, 0.5) is 0 Å². The summed E-state index contributed by atoms with van der Waals surface area (Å²) in [6.45, 7) is 12.6. The Morgan fingerprint density at radius 3 is 1.16 bits per heavy atom. The fourth-order valence-corrected chi connectivity index (χ4v) is 10.4. The highest BCUT2D eigenvalue weighted by Gasteiger charge is 2.45. The first-order valence-electron chi connectivity index (χ1n) is 33.1. The van der Waals surface area contributed by atoms with Crippen molar-refractivity contribution in [2.24, 2.45) is 29.6 Å². The quantitative estimate of drug-likeness (QED) is 0.0376. The number of rotatable bonds is 46. The van der Waals surface area contributed by atoms with E-state index in [0.29, 0.717) is 136 Å². The summed E-state index contributed by atoms with van der Waals surface area (Å²) in [5, 5.41) is 104. The lowest BCUT2D eigenvalue weighted by atomic mass is 9.91. The van der Waals surface area contributed by atoms with Gasteiger partial charge >= 0.3 is 0 Å². The molecule has 0 aromatic rings. The van der Waals surface area contributed by atoms with Crippen LogP contribution in [0.3, 0.4) is 0 Å². The molecule has 526 valence electrons. The number of carbonyl (C=O) groups excluding carboxylic acids is 6. The van der Waals surface area contributed by atoms with Crippen molar-refractivity contribution < 1.29 is 108 Å². The zero-order valence-corrected chi connectivity index (χ0v) is 54.9. The van der Waals surface area contributed by atoms with E-state index in [4.69, 9.17) is 33.2 Å². The molecule has 8 unspecified atom stereocenters. The van der Waals surface area contributed by atoms with Crippen molar-refractivity contribution in [3.8, 4) is 0 Å². The van der Waals surface area contributed by atoms with E-state index in [1.54, 1.807) is 27.9 Å². The third kappa shape index (κ3) is 33.0. The van der Waals surface area contributed by atoms with E-state index < -0.39 is 129 Å².